The van der Waals surface area contributed by atoms with Crippen molar-refractivity contribution < 1.29 is 14.4 Å². The molecule has 2 aliphatic heterocycles. The fraction of sp³-hybridized carbons (Fsp3) is 0.650. The lowest BCUT2D eigenvalue weighted by atomic mass is 9.94. The monoisotopic (exact) mass is 346 g/mol. The van der Waals surface area contributed by atoms with Crippen molar-refractivity contribution in [3.63, 3.8) is 0 Å². The second kappa shape index (κ2) is 5.99. The Balaban J connectivity index is 1.82. The summed E-state index contributed by atoms with van der Waals surface area (Å²) in [7, 11) is 0. The van der Waals surface area contributed by atoms with Crippen molar-refractivity contribution in [2.24, 2.45) is 0 Å². The van der Waals surface area contributed by atoms with Gasteiger partial charge in [-0.2, -0.15) is 5.06 Å². The van der Waals surface area contributed by atoms with E-state index in [1.54, 1.807) is 0 Å². The van der Waals surface area contributed by atoms with Crippen molar-refractivity contribution in [1.82, 2.24) is 9.96 Å². The summed E-state index contributed by atoms with van der Waals surface area (Å²) in [6.07, 6.45) is 0.528. The maximum Gasteiger partial charge on any atom is 0.411 e. The van der Waals surface area contributed by atoms with Gasteiger partial charge in [0, 0.05) is 19.5 Å². The first-order valence-corrected chi connectivity index (χ1v) is 9.00. The maximum absolute atomic E-state index is 12.9. The highest BCUT2D eigenvalue weighted by molar-refractivity contribution is 5.71. The average Bonchev–Trinajstić information content (AvgIpc) is 2.59. The molecule has 2 saturated heterocycles. The highest BCUT2D eigenvalue weighted by Crippen LogP contribution is 2.47. The van der Waals surface area contributed by atoms with Crippen LogP contribution in [0, 0.1) is 0 Å². The second-order valence-corrected chi connectivity index (χ2v) is 9.05. The van der Waals surface area contributed by atoms with Gasteiger partial charge in [0.2, 0.25) is 0 Å². The molecule has 0 spiro atoms. The molecule has 5 nitrogen and oxygen atoms in total. The molecule has 2 bridgehead atoms. The van der Waals surface area contributed by atoms with Crippen LogP contribution in [-0.4, -0.2) is 45.4 Å². The predicted molar refractivity (Wildman–Crippen MR) is 96.9 cm³/mol. The number of nitrogens with zero attached hydrogens (tertiary/aromatic N) is 2. The molecule has 2 atom stereocenters. The van der Waals surface area contributed by atoms with Crippen LogP contribution < -0.4 is 0 Å². The predicted octanol–water partition coefficient (Wildman–Crippen LogP) is 3.98. The highest BCUT2D eigenvalue weighted by atomic mass is 16.7. The SMILES string of the molecule is CC(C)(C)OC(=O)N1C2(C)CC(ON(Cc3ccccc3)C2)C1(C)C. The molecule has 2 aliphatic rings. The molecular formula is C20H30N2O3. The summed E-state index contributed by atoms with van der Waals surface area (Å²) in [5, 5.41) is 2.00. The molecule has 0 saturated carbocycles. The van der Waals surface area contributed by atoms with E-state index in [2.05, 4.69) is 32.9 Å². The van der Waals surface area contributed by atoms with Gasteiger partial charge in [-0.15, -0.1) is 0 Å². The number of carbonyl (C=O) groups excluding carboxylic acids is 1. The Hall–Kier alpha value is -1.59. The first-order valence-electron chi connectivity index (χ1n) is 9.00. The Morgan fingerprint density at radius 2 is 1.88 bits per heavy atom. The van der Waals surface area contributed by atoms with E-state index in [9.17, 15) is 4.79 Å². The number of benzene rings is 1. The number of rotatable bonds is 2. The van der Waals surface area contributed by atoms with Crippen LogP contribution in [0.2, 0.25) is 0 Å². The normalized spacial score (nSPS) is 28.9. The minimum atomic E-state index is -0.509. The van der Waals surface area contributed by atoms with Crippen LogP contribution in [0.15, 0.2) is 30.3 Å². The third-order valence-electron chi connectivity index (χ3n) is 5.10. The van der Waals surface area contributed by atoms with E-state index in [0.29, 0.717) is 13.1 Å². The number of ether oxygens (including phenoxy) is 1. The zero-order valence-corrected chi connectivity index (χ0v) is 16.2. The molecule has 1 aromatic rings. The molecule has 5 heteroatoms. The Morgan fingerprint density at radius 1 is 1.24 bits per heavy atom. The molecule has 0 radical (unpaired) electrons. The molecule has 0 N–H and O–H groups in total. The van der Waals surface area contributed by atoms with Gasteiger partial charge in [0.25, 0.3) is 0 Å². The van der Waals surface area contributed by atoms with Gasteiger partial charge in [-0.3, -0.25) is 9.74 Å². The highest BCUT2D eigenvalue weighted by Gasteiger charge is 2.61. The molecule has 2 fully saturated rings. The molecule has 1 aromatic carbocycles. The number of likely N-dealkylation sites (tertiary alicyclic amines) is 1. The van der Waals surface area contributed by atoms with Gasteiger partial charge in [0.15, 0.2) is 0 Å². The van der Waals surface area contributed by atoms with Crippen LogP contribution in [0.3, 0.4) is 0 Å². The fourth-order valence-corrected chi connectivity index (χ4v) is 4.12. The number of hydrogen-bond acceptors (Lipinski definition) is 4. The van der Waals surface area contributed by atoms with Crippen LogP contribution in [0.1, 0.15) is 53.5 Å². The number of carbonyl (C=O) groups is 1. The first-order chi connectivity index (χ1) is 11.5. The summed E-state index contributed by atoms with van der Waals surface area (Å²) in [5.41, 5.74) is -0.0225. The lowest BCUT2D eigenvalue weighted by Crippen LogP contribution is -2.57. The lowest BCUT2D eigenvalue weighted by Gasteiger charge is -2.42. The Labute approximate surface area is 150 Å². The van der Waals surface area contributed by atoms with E-state index in [0.717, 1.165) is 6.42 Å². The average molecular weight is 346 g/mol. The summed E-state index contributed by atoms with van der Waals surface area (Å²) in [5.74, 6) is 0. The van der Waals surface area contributed by atoms with E-state index in [4.69, 9.17) is 9.57 Å². The third-order valence-corrected chi connectivity index (χ3v) is 5.10. The van der Waals surface area contributed by atoms with Crippen LogP contribution in [-0.2, 0) is 16.1 Å². The number of amides is 1. The molecule has 2 unspecified atom stereocenters. The van der Waals surface area contributed by atoms with Gasteiger partial charge in [-0.05, 0) is 47.1 Å². The zero-order valence-electron chi connectivity index (χ0n) is 16.2. The molecule has 3 rings (SSSR count). The molecule has 138 valence electrons. The van der Waals surface area contributed by atoms with Crippen LogP contribution >= 0.6 is 0 Å². The molecule has 25 heavy (non-hydrogen) atoms. The Bertz CT molecular complexity index is 638. The Kier molecular flexibility index (Phi) is 4.36. The van der Waals surface area contributed by atoms with Crippen LogP contribution in [0.5, 0.6) is 0 Å². The number of fused-ring (bicyclic) bond motifs is 2. The standard InChI is InChI=1S/C20H30N2O3/c1-18(2,3)24-17(23)22-19(4,5)16-12-20(22,6)14-21(25-16)13-15-10-8-7-9-11-15/h7-11,16H,12-14H2,1-6H3. The lowest BCUT2D eigenvalue weighted by molar-refractivity contribution is -0.234. The molecule has 1 amide bonds. The molecule has 2 heterocycles. The summed E-state index contributed by atoms with van der Waals surface area (Å²) >= 11 is 0. The maximum atomic E-state index is 12.9. The van der Waals surface area contributed by atoms with E-state index in [-0.39, 0.29) is 17.7 Å². The largest absolute Gasteiger partial charge is 0.444 e. The Morgan fingerprint density at radius 3 is 2.48 bits per heavy atom. The van der Waals surface area contributed by atoms with Gasteiger partial charge in [-0.25, -0.2) is 4.79 Å². The zero-order chi connectivity index (χ0) is 18.5. The van der Waals surface area contributed by atoms with Crippen molar-refractivity contribution >= 4 is 6.09 Å². The molecule has 0 aliphatic carbocycles. The van der Waals surface area contributed by atoms with Crippen molar-refractivity contribution in [2.75, 3.05) is 6.54 Å². The first kappa shape index (κ1) is 18.2. The van der Waals surface area contributed by atoms with E-state index >= 15 is 0 Å². The van der Waals surface area contributed by atoms with E-state index < -0.39 is 11.1 Å². The second-order valence-electron chi connectivity index (χ2n) is 9.05. The quantitative estimate of drug-likeness (QED) is 0.812. The van der Waals surface area contributed by atoms with E-state index in [1.165, 1.54) is 5.56 Å². The number of hydrogen-bond donors (Lipinski definition) is 0. The van der Waals surface area contributed by atoms with Crippen molar-refractivity contribution in [2.45, 2.75) is 77.3 Å². The smallest absolute Gasteiger partial charge is 0.411 e. The molecular weight excluding hydrogens is 316 g/mol. The van der Waals surface area contributed by atoms with E-state index in [1.807, 2.05) is 48.9 Å². The number of hydroxylamine groups is 2. The third kappa shape index (κ3) is 3.53. The van der Waals surface area contributed by atoms with Gasteiger partial charge in [0.05, 0.1) is 11.1 Å². The minimum Gasteiger partial charge on any atom is -0.444 e. The molecule has 0 aromatic heterocycles. The van der Waals surface area contributed by atoms with Crippen LogP contribution in [0.4, 0.5) is 4.79 Å². The van der Waals surface area contributed by atoms with Crippen molar-refractivity contribution in [3.8, 4) is 0 Å². The summed E-state index contributed by atoms with van der Waals surface area (Å²) in [6.45, 7) is 13.4. The summed E-state index contributed by atoms with van der Waals surface area (Å²) in [6, 6.07) is 10.3. The van der Waals surface area contributed by atoms with Gasteiger partial charge in [-0.1, -0.05) is 30.3 Å². The van der Waals surface area contributed by atoms with Crippen molar-refractivity contribution in [3.05, 3.63) is 35.9 Å². The van der Waals surface area contributed by atoms with Crippen molar-refractivity contribution in [1.29, 1.82) is 0 Å². The fourth-order valence-electron chi connectivity index (χ4n) is 4.12. The summed E-state index contributed by atoms with van der Waals surface area (Å²) in [4.78, 5) is 21.1. The van der Waals surface area contributed by atoms with Gasteiger partial charge in [0.1, 0.15) is 11.7 Å². The van der Waals surface area contributed by atoms with Gasteiger partial charge >= 0.3 is 6.09 Å². The topological polar surface area (TPSA) is 42.0 Å². The van der Waals surface area contributed by atoms with Gasteiger partial charge < -0.3 is 4.74 Å². The minimum absolute atomic E-state index is 0.0394. The summed E-state index contributed by atoms with van der Waals surface area (Å²) < 4.78 is 5.70. The van der Waals surface area contributed by atoms with Crippen LogP contribution in [0.25, 0.3) is 0 Å².